The number of hydrogen-bond acceptors (Lipinski definition) is 7. The van der Waals surface area contributed by atoms with Gasteiger partial charge in [0.2, 0.25) is 0 Å². The molecule has 7 nitrogen and oxygen atoms in total. The number of rotatable bonds is 7. The normalized spacial score (nSPS) is 27.8. The maximum absolute atomic E-state index is 14.6. The fraction of sp³-hybridized carbons (Fsp3) is 0.609. The third-order valence-corrected chi connectivity index (χ3v) is 9.89. The van der Waals surface area contributed by atoms with Crippen molar-refractivity contribution < 1.29 is 33.8 Å². The summed E-state index contributed by atoms with van der Waals surface area (Å²) in [6, 6.07) is 0.480. The molecule has 0 saturated carbocycles. The summed E-state index contributed by atoms with van der Waals surface area (Å²) in [6.45, 7) is 9.98. The number of amidine groups is 1. The Morgan fingerprint density at radius 1 is 1.45 bits per heavy atom. The number of halogens is 3. The SMILES string of the molecule is CC1=C(F)NC2C(=C1N)N=C(CC1=C(I)C(C)C3O[I-]COC3=C1)N2CCCN(C)C(C)C. The van der Waals surface area contributed by atoms with E-state index in [0.717, 1.165) is 31.1 Å². The van der Waals surface area contributed by atoms with E-state index in [0.29, 0.717) is 34.0 Å². The molecular formula is C23H33FI2N5O2-. The summed E-state index contributed by atoms with van der Waals surface area (Å²) in [7, 11) is 2.13. The summed E-state index contributed by atoms with van der Waals surface area (Å²) >= 11 is 2.09. The Balaban J connectivity index is 1.60. The molecule has 4 rings (SSSR count). The van der Waals surface area contributed by atoms with E-state index in [4.69, 9.17) is 18.5 Å². The summed E-state index contributed by atoms with van der Waals surface area (Å²) in [5.41, 5.74) is 9.06. The Morgan fingerprint density at radius 2 is 2.21 bits per heavy atom. The molecule has 0 aromatic carbocycles. The Labute approximate surface area is 220 Å². The van der Waals surface area contributed by atoms with Gasteiger partial charge in [0.05, 0.1) is 0 Å². The van der Waals surface area contributed by atoms with E-state index < -0.39 is 0 Å². The minimum Gasteiger partial charge on any atom is -0.0498 e. The molecule has 0 bridgehead atoms. The second-order valence-corrected chi connectivity index (χ2v) is 12.1. The number of nitrogens with one attached hydrogen (secondary N) is 1. The van der Waals surface area contributed by atoms with Crippen LogP contribution < -0.4 is 32.7 Å². The van der Waals surface area contributed by atoms with Crippen LogP contribution in [-0.4, -0.2) is 58.7 Å². The molecule has 184 valence electrons. The second kappa shape index (κ2) is 10.4. The van der Waals surface area contributed by atoms with E-state index in [1.807, 2.05) is 0 Å². The Bertz CT molecular complexity index is 958. The van der Waals surface area contributed by atoms with Gasteiger partial charge >= 0.3 is 195 Å². The molecule has 1 fully saturated rings. The number of aliphatic imine (C=N–C) groups is 1. The zero-order valence-corrected chi connectivity index (χ0v) is 24.1. The smallest absolute Gasteiger partial charge is 0.0498 e. The molecule has 0 amide bonds. The van der Waals surface area contributed by atoms with Gasteiger partial charge in [0.15, 0.2) is 0 Å². The second-order valence-electron chi connectivity index (χ2n) is 9.19. The fourth-order valence-electron chi connectivity index (χ4n) is 4.33. The standard InChI is InChI=1S/C23H33FI2N5O2/c1-12(2)30(5)7-6-8-31-17(28-20-19(27)14(4)22(24)29-23(20)31)10-15-9-16-21(13(3)18(15)25)33-26-11-32-16/h9,12-13,21,23,29H,6-8,10-11,27H2,1-5H3/q-1. The van der Waals surface area contributed by atoms with Crippen molar-refractivity contribution in [3.05, 3.63) is 43.9 Å². The fourth-order valence-corrected chi connectivity index (χ4v) is 6.71. The third-order valence-electron chi connectivity index (χ3n) is 6.75. The summed E-state index contributed by atoms with van der Waals surface area (Å²) < 4.78 is 28.6. The predicted octanol–water partition coefficient (Wildman–Crippen LogP) is 0.721. The van der Waals surface area contributed by atoms with Crippen molar-refractivity contribution in [1.82, 2.24) is 15.1 Å². The van der Waals surface area contributed by atoms with Gasteiger partial charge in [-0.05, 0) is 20.9 Å². The summed E-state index contributed by atoms with van der Waals surface area (Å²) in [4.78, 5) is 9.43. The first-order valence-corrected chi connectivity index (χ1v) is 14.8. The van der Waals surface area contributed by atoms with Crippen LogP contribution in [0.5, 0.6) is 0 Å². The van der Waals surface area contributed by atoms with Crippen LogP contribution in [0.4, 0.5) is 4.39 Å². The molecule has 3 atom stereocenters. The van der Waals surface area contributed by atoms with Gasteiger partial charge in [-0.2, -0.15) is 0 Å². The minimum absolute atomic E-state index is 0.0268. The van der Waals surface area contributed by atoms with Crippen LogP contribution in [0.25, 0.3) is 0 Å². The van der Waals surface area contributed by atoms with Gasteiger partial charge in [-0.1, -0.05) is 0 Å². The summed E-state index contributed by atoms with van der Waals surface area (Å²) in [5.74, 6) is 1.71. The van der Waals surface area contributed by atoms with Gasteiger partial charge in [0.25, 0.3) is 0 Å². The Morgan fingerprint density at radius 3 is 2.94 bits per heavy atom. The average molecular weight is 684 g/mol. The van der Waals surface area contributed by atoms with Crippen molar-refractivity contribution in [3.8, 4) is 0 Å². The monoisotopic (exact) mass is 684 g/mol. The third kappa shape index (κ3) is 5.08. The molecule has 0 radical (unpaired) electrons. The molecule has 1 saturated heterocycles. The number of ether oxygens (including phenoxy) is 1. The van der Waals surface area contributed by atoms with Crippen LogP contribution in [0.2, 0.25) is 0 Å². The van der Waals surface area contributed by atoms with Crippen LogP contribution in [-0.2, 0) is 7.80 Å². The van der Waals surface area contributed by atoms with Crippen LogP contribution >= 0.6 is 22.6 Å². The molecule has 1 aliphatic carbocycles. The van der Waals surface area contributed by atoms with Crippen molar-refractivity contribution in [1.29, 1.82) is 0 Å². The predicted molar refractivity (Wildman–Crippen MR) is 132 cm³/mol. The molecule has 33 heavy (non-hydrogen) atoms. The number of hydrogen-bond donors (Lipinski definition) is 2. The van der Waals surface area contributed by atoms with Gasteiger partial charge < -0.3 is 0 Å². The quantitative estimate of drug-likeness (QED) is 0.234. The molecule has 10 heteroatoms. The van der Waals surface area contributed by atoms with Gasteiger partial charge in [0.1, 0.15) is 0 Å². The number of dihydropyridines is 1. The van der Waals surface area contributed by atoms with Crippen LogP contribution in [0.3, 0.4) is 0 Å². The van der Waals surface area contributed by atoms with Gasteiger partial charge in [-0.3, -0.25) is 0 Å². The number of nitrogens with zero attached hydrogens (tertiary/aromatic N) is 3. The van der Waals surface area contributed by atoms with E-state index in [1.165, 1.54) is 9.15 Å². The van der Waals surface area contributed by atoms with Crippen LogP contribution in [0.15, 0.2) is 48.9 Å². The molecule has 4 aliphatic rings. The Hall–Kier alpha value is -0.860. The maximum atomic E-state index is 14.6. The van der Waals surface area contributed by atoms with Crippen molar-refractivity contribution >= 4 is 28.4 Å². The summed E-state index contributed by atoms with van der Waals surface area (Å²) in [5, 5.41) is 3.00. The van der Waals surface area contributed by atoms with Crippen molar-refractivity contribution in [3.63, 3.8) is 0 Å². The van der Waals surface area contributed by atoms with E-state index in [2.05, 4.69) is 71.6 Å². The van der Waals surface area contributed by atoms with Crippen molar-refractivity contribution in [2.24, 2.45) is 16.6 Å². The first-order valence-electron chi connectivity index (χ1n) is 11.3. The molecule has 3 N–H and O–H groups in total. The zero-order valence-electron chi connectivity index (χ0n) is 19.8. The number of allylic oxidation sites excluding steroid dienone is 2. The molecule has 3 aliphatic heterocycles. The van der Waals surface area contributed by atoms with Gasteiger partial charge in [0, 0.05) is 6.04 Å². The first-order chi connectivity index (χ1) is 15.7. The molecule has 0 spiro atoms. The number of alkyl halides is 1. The minimum atomic E-state index is -0.372. The zero-order chi connectivity index (χ0) is 23.9. The van der Waals surface area contributed by atoms with Crippen molar-refractivity contribution in [2.75, 3.05) is 24.8 Å². The Kier molecular flexibility index (Phi) is 7.96. The average Bonchev–Trinajstić information content (AvgIpc) is 3.12. The number of nitrogens with two attached hydrogens (primary N) is 1. The molecule has 3 unspecified atom stereocenters. The molecule has 0 aromatic heterocycles. The van der Waals surface area contributed by atoms with E-state index in [-0.39, 0.29) is 45.8 Å². The molecular weight excluding hydrogens is 651 g/mol. The topological polar surface area (TPSA) is 75.3 Å². The first kappa shape index (κ1) is 25.2. The summed E-state index contributed by atoms with van der Waals surface area (Å²) in [6.07, 6.45) is 3.37. The van der Waals surface area contributed by atoms with Gasteiger partial charge in [-0.25, -0.2) is 0 Å². The van der Waals surface area contributed by atoms with Crippen LogP contribution in [0, 0.1) is 5.92 Å². The number of fused-ring (bicyclic) bond motifs is 2. The van der Waals surface area contributed by atoms with E-state index >= 15 is 0 Å². The van der Waals surface area contributed by atoms with Gasteiger partial charge in [-0.15, -0.1) is 0 Å². The van der Waals surface area contributed by atoms with Crippen molar-refractivity contribution in [2.45, 2.75) is 58.8 Å². The van der Waals surface area contributed by atoms with E-state index in [9.17, 15) is 4.39 Å². The van der Waals surface area contributed by atoms with E-state index in [1.54, 1.807) is 6.92 Å². The molecule has 0 aromatic rings. The van der Waals surface area contributed by atoms with Crippen LogP contribution in [0.1, 0.15) is 40.5 Å². The molecule has 3 heterocycles.